The van der Waals surface area contributed by atoms with Gasteiger partial charge in [-0.1, -0.05) is 26.0 Å². The Hall–Kier alpha value is -1.55. The van der Waals surface area contributed by atoms with Crippen LogP contribution in [-0.4, -0.2) is 43.7 Å². The van der Waals surface area contributed by atoms with Crippen molar-refractivity contribution < 1.29 is 14.3 Å². The third-order valence-electron chi connectivity index (χ3n) is 6.22. The Labute approximate surface area is 144 Å². The van der Waals surface area contributed by atoms with Crippen molar-refractivity contribution in [2.45, 2.75) is 44.9 Å². The van der Waals surface area contributed by atoms with Gasteiger partial charge in [0.2, 0.25) is 0 Å². The number of piperidine rings is 1. The van der Waals surface area contributed by atoms with E-state index in [-0.39, 0.29) is 11.3 Å². The van der Waals surface area contributed by atoms with Gasteiger partial charge in [-0.25, -0.2) is 0 Å². The Kier molecular flexibility index (Phi) is 3.83. The van der Waals surface area contributed by atoms with E-state index in [2.05, 4.69) is 19.9 Å². The number of ether oxygens (including phenoxy) is 2. The van der Waals surface area contributed by atoms with Gasteiger partial charge < -0.3 is 14.4 Å². The first-order valence-electron chi connectivity index (χ1n) is 9.14. The van der Waals surface area contributed by atoms with Crippen LogP contribution in [0.3, 0.4) is 0 Å². The molecule has 4 nitrogen and oxygen atoms in total. The fourth-order valence-electron chi connectivity index (χ4n) is 4.38. The zero-order valence-electron chi connectivity index (χ0n) is 14.8. The van der Waals surface area contributed by atoms with Crippen LogP contribution in [0.25, 0.3) is 0 Å². The molecule has 1 aromatic rings. The summed E-state index contributed by atoms with van der Waals surface area (Å²) >= 11 is 0. The zero-order valence-corrected chi connectivity index (χ0v) is 14.8. The van der Waals surface area contributed by atoms with Gasteiger partial charge in [-0.3, -0.25) is 4.79 Å². The van der Waals surface area contributed by atoms with Gasteiger partial charge in [-0.15, -0.1) is 0 Å². The van der Waals surface area contributed by atoms with Crippen molar-refractivity contribution in [2.75, 3.05) is 32.9 Å². The van der Waals surface area contributed by atoms with E-state index in [1.54, 1.807) is 0 Å². The van der Waals surface area contributed by atoms with Crippen LogP contribution in [0.1, 0.15) is 55.5 Å². The quantitative estimate of drug-likeness (QED) is 0.793. The highest BCUT2D eigenvalue weighted by Gasteiger charge is 2.39. The highest BCUT2D eigenvalue weighted by molar-refractivity contribution is 5.97. The van der Waals surface area contributed by atoms with Crippen LogP contribution in [0.2, 0.25) is 0 Å². The van der Waals surface area contributed by atoms with E-state index in [0.29, 0.717) is 12.0 Å². The Morgan fingerprint density at radius 2 is 1.79 bits per heavy atom. The van der Waals surface area contributed by atoms with Crippen LogP contribution in [0.15, 0.2) is 18.2 Å². The van der Waals surface area contributed by atoms with Crippen LogP contribution in [0, 0.1) is 5.41 Å². The van der Waals surface area contributed by atoms with Gasteiger partial charge in [0.15, 0.2) is 0 Å². The molecule has 0 aromatic heterocycles. The molecule has 2 saturated heterocycles. The maximum atomic E-state index is 13.1. The van der Waals surface area contributed by atoms with Gasteiger partial charge in [0.25, 0.3) is 5.91 Å². The minimum atomic E-state index is -0.0142. The second-order valence-corrected chi connectivity index (χ2v) is 8.26. The number of para-hydroxylation sites is 1. The summed E-state index contributed by atoms with van der Waals surface area (Å²) in [5, 5.41) is 0. The molecule has 0 saturated carbocycles. The first-order chi connectivity index (χ1) is 11.5. The van der Waals surface area contributed by atoms with E-state index in [9.17, 15) is 4.79 Å². The van der Waals surface area contributed by atoms with Gasteiger partial charge in [0.1, 0.15) is 5.75 Å². The van der Waals surface area contributed by atoms with Gasteiger partial charge in [0, 0.05) is 37.3 Å². The molecule has 3 heterocycles. The largest absolute Gasteiger partial charge is 0.492 e. The van der Waals surface area contributed by atoms with E-state index < -0.39 is 0 Å². The average molecular weight is 329 g/mol. The van der Waals surface area contributed by atoms with E-state index >= 15 is 0 Å². The van der Waals surface area contributed by atoms with E-state index in [1.807, 2.05) is 17.0 Å². The predicted molar refractivity (Wildman–Crippen MR) is 92.6 cm³/mol. The fourth-order valence-corrected chi connectivity index (χ4v) is 4.38. The van der Waals surface area contributed by atoms with Crippen molar-refractivity contribution in [3.05, 3.63) is 29.3 Å². The first-order valence-corrected chi connectivity index (χ1v) is 9.14. The van der Waals surface area contributed by atoms with E-state index in [1.165, 1.54) is 0 Å². The number of carbonyl (C=O) groups excluding carboxylic acids is 1. The second-order valence-electron chi connectivity index (χ2n) is 8.26. The van der Waals surface area contributed by atoms with Crippen LogP contribution in [-0.2, 0) is 10.2 Å². The smallest absolute Gasteiger partial charge is 0.257 e. The Morgan fingerprint density at radius 1 is 1.08 bits per heavy atom. The standard InChI is InChI=1S/C20H27NO3/c1-19(2)14-24-17-15(4-3-5-16(17)19)18(22)21-10-6-20(7-11-21)8-12-23-13-9-20/h3-5H,6-14H2,1-2H3. The summed E-state index contributed by atoms with van der Waals surface area (Å²) in [6, 6.07) is 6.00. The van der Waals surface area contributed by atoms with Gasteiger partial charge in [-0.2, -0.15) is 0 Å². The summed E-state index contributed by atoms with van der Waals surface area (Å²) in [5.41, 5.74) is 2.29. The molecule has 3 aliphatic rings. The van der Waals surface area contributed by atoms with Crippen molar-refractivity contribution >= 4 is 5.91 Å². The van der Waals surface area contributed by atoms with Gasteiger partial charge >= 0.3 is 0 Å². The Bertz CT molecular complexity index is 636. The maximum Gasteiger partial charge on any atom is 0.257 e. The highest BCUT2D eigenvalue weighted by atomic mass is 16.5. The molecule has 130 valence electrons. The summed E-state index contributed by atoms with van der Waals surface area (Å²) in [6.07, 6.45) is 4.49. The maximum absolute atomic E-state index is 13.1. The SMILES string of the molecule is CC1(C)COc2c(C(=O)N3CCC4(CCOCC4)CC3)cccc21. The summed E-state index contributed by atoms with van der Waals surface area (Å²) < 4.78 is 11.4. The molecule has 2 fully saturated rings. The second kappa shape index (κ2) is 5.76. The summed E-state index contributed by atoms with van der Waals surface area (Å²) in [4.78, 5) is 15.1. The van der Waals surface area contributed by atoms with Crippen LogP contribution >= 0.6 is 0 Å². The van der Waals surface area contributed by atoms with Crippen molar-refractivity contribution in [1.82, 2.24) is 4.90 Å². The third-order valence-corrected chi connectivity index (χ3v) is 6.22. The molecule has 3 aliphatic heterocycles. The molecule has 4 rings (SSSR count). The lowest BCUT2D eigenvalue weighted by molar-refractivity contribution is -0.0175. The van der Waals surface area contributed by atoms with E-state index in [4.69, 9.17) is 9.47 Å². The number of rotatable bonds is 1. The molecule has 0 atom stereocenters. The Morgan fingerprint density at radius 3 is 2.50 bits per heavy atom. The van der Waals surface area contributed by atoms with Gasteiger partial charge in [-0.05, 0) is 37.2 Å². The molecule has 0 unspecified atom stereocenters. The summed E-state index contributed by atoms with van der Waals surface area (Å²) in [6.45, 7) is 8.45. The predicted octanol–water partition coefficient (Wildman–Crippen LogP) is 3.39. The first kappa shape index (κ1) is 15.9. The van der Waals surface area contributed by atoms with Crippen molar-refractivity contribution in [2.24, 2.45) is 5.41 Å². The van der Waals surface area contributed by atoms with Crippen molar-refractivity contribution in [3.63, 3.8) is 0 Å². The molecule has 4 heteroatoms. The number of fused-ring (bicyclic) bond motifs is 1. The molecule has 1 amide bonds. The third kappa shape index (κ3) is 2.61. The summed E-state index contributed by atoms with van der Waals surface area (Å²) in [7, 11) is 0. The minimum absolute atomic E-state index is 0.0142. The number of carbonyl (C=O) groups is 1. The fraction of sp³-hybridized carbons (Fsp3) is 0.650. The molecule has 0 aliphatic carbocycles. The molecular weight excluding hydrogens is 302 g/mol. The molecular formula is C20H27NO3. The molecule has 1 spiro atoms. The topological polar surface area (TPSA) is 38.8 Å². The van der Waals surface area contributed by atoms with E-state index in [0.717, 1.165) is 68.9 Å². The van der Waals surface area contributed by atoms with Crippen LogP contribution < -0.4 is 4.74 Å². The normalized spacial score (nSPS) is 24.5. The molecule has 24 heavy (non-hydrogen) atoms. The lowest BCUT2D eigenvalue weighted by Gasteiger charge is -2.44. The molecule has 1 aromatic carbocycles. The Balaban J connectivity index is 1.51. The van der Waals surface area contributed by atoms with Gasteiger partial charge in [0.05, 0.1) is 12.2 Å². The monoisotopic (exact) mass is 329 g/mol. The number of amides is 1. The zero-order chi connectivity index (χ0) is 16.8. The van der Waals surface area contributed by atoms with Crippen molar-refractivity contribution in [3.8, 4) is 5.75 Å². The molecule has 0 N–H and O–H groups in total. The number of hydrogen-bond acceptors (Lipinski definition) is 3. The lowest BCUT2D eigenvalue weighted by atomic mass is 9.72. The number of hydrogen-bond donors (Lipinski definition) is 0. The number of benzene rings is 1. The number of nitrogens with zero attached hydrogens (tertiary/aromatic N) is 1. The number of likely N-dealkylation sites (tertiary alicyclic amines) is 1. The van der Waals surface area contributed by atoms with Crippen LogP contribution in [0.4, 0.5) is 0 Å². The minimum Gasteiger partial charge on any atom is -0.492 e. The van der Waals surface area contributed by atoms with Crippen molar-refractivity contribution in [1.29, 1.82) is 0 Å². The lowest BCUT2D eigenvalue weighted by Crippen LogP contribution is -2.45. The molecule has 0 bridgehead atoms. The molecule has 0 radical (unpaired) electrons. The summed E-state index contributed by atoms with van der Waals surface area (Å²) in [5.74, 6) is 0.935. The highest BCUT2D eigenvalue weighted by Crippen LogP contribution is 2.43. The van der Waals surface area contributed by atoms with Crippen LogP contribution in [0.5, 0.6) is 5.75 Å². The average Bonchev–Trinajstić information content (AvgIpc) is 2.91.